The van der Waals surface area contributed by atoms with Crippen LogP contribution < -0.4 is 10.3 Å². The minimum absolute atomic E-state index is 0.0313. The average Bonchev–Trinajstić information content (AvgIpc) is 2.85. The van der Waals surface area contributed by atoms with Crippen LogP contribution in [0.25, 0.3) is 31.1 Å². The Morgan fingerprint density at radius 3 is 2.45 bits per heavy atom. The summed E-state index contributed by atoms with van der Waals surface area (Å²) in [6.07, 6.45) is 0. The molecule has 2 aromatic heterocycles. The molecule has 0 amide bonds. The van der Waals surface area contributed by atoms with E-state index in [0.29, 0.717) is 10.4 Å². The highest BCUT2D eigenvalue weighted by Crippen LogP contribution is 2.36. The SMILES string of the molecule is O=c1c2cc(Cl)ccc2sc2c(N3CCN(Cc4ccccc4)CC3)nc3ccccc3c12. The van der Waals surface area contributed by atoms with Gasteiger partial charge in [0.2, 0.25) is 0 Å². The molecule has 164 valence electrons. The first-order valence-corrected chi connectivity index (χ1v) is 12.3. The predicted octanol–water partition coefficient (Wildman–Crippen LogP) is 5.94. The third kappa shape index (κ3) is 3.76. The number of hydrogen-bond donors (Lipinski definition) is 0. The van der Waals surface area contributed by atoms with Crippen molar-refractivity contribution < 1.29 is 0 Å². The molecule has 3 heterocycles. The van der Waals surface area contributed by atoms with Crippen LogP contribution in [0.4, 0.5) is 5.82 Å². The summed E-state index contributed by atoms with van der Waals surface area (Å²) < 4.78 is 1.91. The zero-order valence-corrected chi connectivity index (χ0v) is 19.6. The number of benzene rings is 3. The van der Waals surface area contributed by atoms with Crippen molar-refractivity contribution in [2.45, 2.75) is 6.54 Å². The molecule has 0 aliphatic carbocycles. The molecule has 6 heteroatoms. The van der Waals surface area contributed by atoms with E-state index in [1.54, 1.807) is 17.4 Å². The van der Waals surface area contributed by atoms with Crippen LogP contribution in [0, 0.1) is 0 Å². The number of piperazine rings is 1. The fraction of sp³-hybridized carbons (Fsp3) is 0.185. The maximum absolute atomic E-state index is 13.6. The van der Waals surface area contributed by atoms with E-state index in [-0.39, 0.29) is 5.43 Å². The van der Waals surface area contributed by atoms with Gasteiger partial charge in [0.05, 0.1) is 15.6 Å². The van der Waals surface area contributed by atoms with Crippen LogP contribution in [0.15, 0.2) is 77.6 Å². The van der Waals surface area contributed by atoms with Gasteiger partial charge in [-0.25, -0.2) is 4.98 Å². The molecular weight excluding hydrogens is 450 g/mol. The second kappa shape index (κ2) is 8.41. The highest BCUT2D eigenvalue weighted by Gasteiger charge is 2.23. The molecule has 33 heavy (non-hydrogen) atoms. The maximum Gasteiger partial charge on any atom is 0.196 e. The van der Waals surface area contributed by atoms with Crippen molar-refractivity contribution in [1.82, 2.24) is 9.88 Å². The molecule has 1 fully saturated rings. The van der Waals surface area contributed by atoms with Gasteiger partial charge in [-0.3, -0.25) is 9.69 Å². The summed E-state index contributed by atoms with van der Waals surface area (Å²) in [5, 5.41) is 2.92. The fourth-order valence-corrected chi connectivity index (χ4v) is 6.05. The number of fused-ring (bicyclic) bond motifs is 4. The van der Waals surface area contributed by atoms with Crippen LogP contribution in [0.2, 0.25) is 5.02 Å². The van der Waals surface area contributed by atoms with Crippen LogP contribution in [0.5, 0.6) is 0 Å². The second-order valence-corrected chi connectivity index (χ2v) is 9.97. The predicted molar refractivity (Wildman–Crippen MR) is 140 cm³/mol. The summed E-state index contributed by atoms with van der Waals surface area (Å²) in [5.74, 6) is 0.919. The Morgan fingerprint density at radius 1 is 0.879 bits per heavy atom. The molecule has 0 unspecified atom stereocenters. The third-order valence-corrected chi connectivity index (χ3v) is 7.78. The molecule has 0 bridgehead atoms. The largest absolute Gasteiger partial charge is 0.353 e. The zero-order chi connectivity index (χ0) is 22.4. The molecule has 1 aliphatic heterocycles. The molecular formula is C27H22ClN3OS. The molecule has 3 aromatic carbocycles. The van der Waals surface area contributed by atoms with Gasteiger partial charge in [-0.15, -0.1) is 11.3 Å². The smallest absolute Gasteiger partial charge is 0.196 e. The lowest BCUT2D eigenvalue weighted by molar-refractivity contribution is 0.249. The second-order valence-electron chi connectivity index (χ2n) is 8.48. The molecule has 0 spiro atoms. The van der Waals surface area contributed by atoms with E-state index in [4.69, 9.17) is 16.6 Å². The Balaban J connectivity index is 1.44. The summed E-state index contributed by atoms with van der Waals surface area (Å²) in [5.41, 5.74) is 2.23. The quantitative estimate of drug-likeness (QED) is 0.241. The van der Waals surface area contributed by atoms with Gasteiger partial charge < -0.3 is 4.90 Å². The molecule has 4 nitrogen and oxygen atoms in total. The summed E-state index contributed by atoms with van der Waals surface area (Å²) in [7, 11) is 0. The lowest BCUT2D eigenvalue weighted by Crippen LogP contribution is -2.46. The highest BCUT2D eigenvalue weighted by molar-refractivity contribution is 7.25. The summed E-state index contributed by atoms with van der Waals surface area (Å²) >= 11 is 7.86. The Kier molecular flexibility index (Phi) is 5.25. The number of rotatable bonds is 3. The van der Waals surface area contributed by atoms with Crippen molar-refractivity contribution in [2.24, 2.45) is 0 Å². The van der Waals surface area contributed by atoms with Gasteiger partial charge in [0, 0.05) is 53.2 Å². The van der Waals surface area contributed by atoms with Gasteiger partial charge in [0.25, 0.3) is 0 Å². The van der Waals surface area contributed by atoms with E-state index in [1.165, 1.54) is 5.56 Å². The lowest BCUT2D eigenvalue weighted by atomic mass is 10.1. The number of pyridine rings is 1. The van der Waals surface area contributed by atoms with Crippen molar-refractivity contribution in [1.29, 1.82) is 0 Å². The normalized spacial score (nSPS) is 15.0. The molecule has 5 aromatic rings. The van der Waals surface area contributed by atoms with Gasteiger partial charge in [-0.05, 0) is 29.8 Å². The van der Waals surface area contributed by atoms with Crippen LogP contribution >= 0.6 is 22.9 Å². The number of halogens is 1. The van der Waals surface area contributed by atoms with Crippen LogP contribution in [-0.4, -0.2) is 36.1 Å². The van der Waals surface area contributed by atoms with E-state index < -0.39 is 0 Å². The Hall–Kier alpha value is -2.99. The van der Waals surface area contributed by atoms with Crippen molar-refractivity contribution in [3.63, 3.8) is 0 Å². The molecule has 0 atom stereocenters. The number of para-hydroxylation sites is 1. The van der Waals surface area contributed by atoms with Crippen molar-refractivity contribution in [3.8, 4) is 0 Å². The minimum Gasteiger partial charge on any atom is -0.353 e. The first-order valence-electron chi connectivity index (χ1n) is 11.1. The minimum atomic E-state index is 0.0313. The van der Waals surface area contributed by atoms with E-state index in [0.717, 1.165) is 64.2 Å². The molecule has 0 radical (unpaired) electrons. The van der Waals surface area contributed by atoms with Gasteiger partial charge in [-0.1, -0.05) is 60.1 Å². The van der Waals surface area contributed by atoms with E-state index in [9.17, 15) is 4.79 Å². The highest BCUT2D eigenvalue weighted by atomic mass is 35.5. The number of aromatic nitrogens is 1. The Labute approximate surface area is 200 Å². The van der Waals surface area contributed by atoms with Gasteiger partial charge in [-0.2, -0.15) is 0 Å². The van der Waals surface area contributed by atoms with E-state index in [1.807, 2.05) is 36.4 Å². The van der Waals surface area contributed by atoms with Crippen LogP contribution in [0.3, 0.4) is 0 Å². The Bertz CT molecular complexity index is 1540. The van der Waals surface area contributed by atoms with Gasteiger partial charge >= 0.3 is 0 Å². The Morgan fingerprint density at radius 2 is 1.64 bits per heavy atom. The fourth-order valence-electron chi connectivity index (χ4n) is 4.69. The molecule has 0 saturated carbocycles. The van der Waals surface area contributed by atoms with E-state index in [2.05, 4.69) is 40.1 Å². The summed E-state index contributed by atoms with van der Waals surface area (Å²) in [4.78, 5) is 23.5. The number of nitrogens with zero attached hydrogens (tertiary/aromatic N) is 3. The molecule has 1 saturated heterocycles. The number of anilines is 1. The first-order chi connectivity index (χ1) is 16.2. The number of hydrogen-bond acceptors (Lipinski definition) is 5. The topological polar surface area (TPSA) is 36.4 Å². The standard InChI is InChI=1S/C27H22ClN3OS/c28-19-10-11-23-21(16-19)25(32)24-20-8-4-5-9-22(20)29-27(26(24)33-23)31-14-12-30(13-15-31)17-18-6-2-1-3-7-18/h1-11,16H,12-15,17H2. The van der Waals surface area contributed by atoms with Crippen LogP contribution in [-0.2, 0) is 6.54 Å². The van der Waals surface area contributed by atoms with E-state index >= 15 is 0 Å². The van der Waals surface area contributed by atoms with Crippen LogP contribution in [0.1, 0.15) is 5.56 Å². The zero-order valence-electron chi connectivity index (χ0n) is 18.0. The molecule has 6 rings (SSSR count). The third-order valence-electron chi connectivity index (χ3n) is 6.38. The summed E-state index contributed by atoms with van der Waals surface area (Å²) in [6.45, 7) is 4.64. The van der Waals surface area contributed by atoms with Crippen molar-refractivity contribution in [2.75, 3.05) is 31.1 Å². The maximum atomic E-state index is 13.6. The summed E-state index contributed by atoms with van der Waals surface area (Å²) in [6, 6.07) is 24.1. The van der Waals surface area contributed by atoms with Gasteiger partial charge in [0.1, 0.15) is 5.82 Å². The first kappa shape index (κ1) is 20.6. The monoisotopic (exact) mass is 471 g/mol. The average molecular weight is 472 g/mol. The van der Waals surface area contributed by atoms with Gasteiger partial charge in [0.15, 0.2) is 5.43 Å². The molecule has 1 aliphatic rings. The molecule has 0 N–H and O–H groups in total. The lowest BCUT2D eigenvalue weighted by Gasteiger charge is -2.36. The van der Waals surface area contributed by atoms with Crippen molar-refractivity contribution in [3.05, 3.63) is 93.6 Å². The van der Waals surface area contributed by atoms with Crippen molar-refractivity contribution >= 4 is 59.8 Å².